The zero-order chi connectivity index (χ0) is 27.6. The van der Waals surface area contributed by atoms with Gasteiger partial charge in [0, 0.05) is 19.2 Å². The van der Waals surface area contributed by atoms with Crippen LogP contribution in [-0.2, 0) is 26.2 Å². The van der Waals surface area contributed by atoms with Gasteiger partial charge in [-0.15, -0.1) is 0 Å². The van der Waals surface area contributed by atoms with Crippen LogP contribution < -0.4 is 23.8 Å². The molecule has 11 heteroatoms. The minimum Gasteiger partial charge on any atom is -0.497 e. The van der Waals surface area contributed by atoms with E-state index in [1.165, 1.54) is 31.3 Å². The summed E-state index contributed by atoms with van der Waals surface area (Å²) in [5.41, 5.74) is 0.998. The lowest BCUT2D eigenvalue weighted by atomic mass is 10.1. The van der Waals surface area contributed by atoms with Crippen molar-refractivity contribution in [3.05, 3.63) is 48.0 Å². The first kappa shape index (κ1) is 29.8. The number of sulfonamides is 1. The molecule has 0 saturated heterocycles. The number of hydrogen-bond donors (Lipinski definition) is 1. The number of ether oxygens (including phenoxy) is 3. The van der Waals surface area contributed by atoms with E-state index in [-0.39, 0.29) is 18.1 Å². The second-order valence-corrected chi connectivity index (χ2v) is 10.4. The van der Waals surface area contributed by atoms with Crippen molar-refractivity contribution in [3.8, 4) is 17.2 Å². The summed E-state index contributed by atoms with van der Waals surface area (Å²) < 4.78 is 42.2. The van der Waals surface area contributed by atoms with Crippen molar-refractivity contribution in [2.45, 2.75) is 39.3 Å². The summed E-state index contributed by atoms with van der Waals surface area (Å²) in [4.78, 5) is 27.9. The van der Waals surface area contributed by atoms with Crippen LogP contribution in [0.15, 0.2) is 42.5 Å². The maximum absolute atomic E-state index is 13.6. The summed E-state index contributed by atoms with van der Waals surface area (Å²) in [5, 5.41) is 2.85. The highest BCUT2D eigenvalue weighted by Gasteiger charge is 2.30. The standard InChI is InChI=1S/C26H37N3O7S/c1-7-8-15-27-26(31)19(2)28(17-20-9-12-22(34-3)13-10-20)25(30)18-29(37(6,32)33)21-11-14-23(35-4)24(16-21)36-5/h9-14,16,19H,7-8,15,17-18H2,1-6H3,(H,27,31). The van der Waals surface area contributed by atoms with E-state index in [2.05, 4.69) is 5.32 Å². The fourth-order valence-corrected chi connectivity index (χ4v) is 4.48. The van der Waals surface area contributed by atoms with Crippen LogP contribution in [0.4, 0.5) is 5.69 Å². The molecule has 0 fully saturated rings. The molecular weight excluding hydrogens is 498 g/mol. The van der Waals surface area contributed by atoms with Crippen molar-refractivity contribution in [2.24, 2.45) is 0 Å². The minimum absolute atomic E-state index is 0.106. The molecule has 1 atom stereocenters. The molecule has 37 heavy (non-hydrogen) atoms. The van der Waals surface area contributed by atoms with Crippen LogP contribution >= 0.6 is 0 Å². The number of carbonyl (C=O) groups is 2. The maximum Gasteiger partial charge on any atom is 0.244 e. The zero-order valence-electron chi connectivity index (χ0n) is 22.3. The number of methoxy groups -OCH3 is 3. The predicted octanol–water partition coefficient (Wildman–Crippen LogP) is 2.81. The van der Waals surface area contributed by atoms with E-state index in [1.807, 2.05) is 6.92 Å². The molecule has 2 amide bonds. The molecule has 0 heterocycles. The summed E-state index contributed by atoms with van der Waals surface area (Å²) in [6, 6.07) is 10.9. The Bertz CT molecular complexity index is 1150. The van der Waals surface area contributed by atoms with Gasteiger partial charge in [-0.25, -0.2) is 8.42 Å². The molecule has 10 nitrogen and oxygen atoms in total. The number of unbranched alkanes of at least 4 members (excludes halogenated alkanes) is 1. The van der Waals surface area contributed by atoms with Crippen molar-refractivity contribution < 1.29 is 32.2 Å². The Hall–Kier alpha value is -3.47. The molecule has 0 saturated carbocycles. The number of hydrogen-bond acceptors (Lipinski definition) is 7. The fraction of sp³-hybridized carbons (Fsp3) is 0.462. The van der Waals surface area contributed by atoms with Crippen LogP contribution in [-0.4, -0.2) is 71.8 Å². The lowest BCUT2D eigenvalue weighted by molar-refractivity contribution is -0.139. The van der Waals surface area contributed by atoms with Gasteiger partial charge in [-0.1, -0.05) is 25.5 Å². The maximum atomic E-state index is 13.6. The van der Waals surface area contributed by atoms with E-state index in [9.17, 15) is 18.0 Å². The highest BCUT2D eigenvalue weighted by atomic mass is 32.2. The topological polar surface area (TPSA) is 114 Å². The Morgan fingerprint density at radius 1 is 0.973 bits per heavy atom. The van der Waals surface area contributed by atoms with Gasteiger partial charge in [0.05, 0.1) is 33.3 Å². The Balaban J connectivity index is 2.40. The van der Waals surface area contributed by atoms with Gasteiger partial charge in [-0.05, 0) is 43.2 Å². The van der Waals surface area contributed by atoms with Crippen LogP contribution in [0, 0.1) is 0 Å². The third kappa shape index (κ3) is 8.28. The largest absolute Gasteiger partial charge is 0.497 e. The molecule has 0 aromatic heterocycles. The summed E-state index contributed by atoms with van der Waals surface area (Å²) >= 11 is 0. The minimum atomic E-state index is -3.86. The fourth-order valence-electron chi connectivity index (χ4n) is 3.64. The number of anilines is 1. The van der Waals surface area contributed by atoms with Gasteiger partial charge < -0.3 is 24.4 Å². The molecule has 0 radical (unpaired) electrons. The van der Waals surface area contributed by atoms with Gasteiger partial charge in [0.15, 0.2) is 11.5 Å². The van der Waals surface area contributed by atoms with Gasteiger partial charge >= 0.3 is 0 Å². The van der Waals surface area contributed by atoms with Crippen molar-refractivity contribution in [1.29, 1.82) is 0 Å². The van der Waals surface area contributed by atoms with Crippen LogP contribution in [0.5, 0.6) is 17.2 Å². The smallest absolute Gasteiger partial charge is 0.244 e. The Labute approximate surface area is 219 Å². The van der Waals surface area contributed by atoms with E-state index in [1.54, 1.807) is 44.4 Å². The Kier molecular flexibility index (Phi) is 11.0. The number of benzene rings is 2. The second kappa shape index (κ2) is 13.7. The molecule has 0 aliphatic rings. The highest BCUT2D eigenvalue weighted by molar-refractivity contribution is 7.92. The third-order valence-electron chi connectivity index (χ3n) is 5.84. The van der Waals surface area contributed by atoms with Gasteiger partial charge in [0.2, 0.25) is 21.8 Å². The normalized spacial score (nSPS) is 11.8. The molecule has 0 aliphatic heterocycles. The molecule has 2 aromatic rings. The molecule has 0 spiro atoms. The average molecular weight is 536 g/mol. The van der Waals surface area contributed by atoms with Crippen molar-refractivity contribution in [2.75, 3.05) is 45.0 Å². The zero-order valence-corrected chi connectivity index (χ0v) is 23.1. The van der Waals surface area contributed by atoms with Crippen LogP contribution in [0.1, 0.15) is 32.3 Å². The Morgan fingerprint density at radius 2 is 1.62 bits per heavy atom. The summed E-state index contributed by atoms with van der Waals surface area (Å²) in [6.07, 6.45) is 2.75. The van der Waals surface area contributed by atoms with Crippen LogP contribution in [0.3, 0.4) is 0 Å². The molecule has 2 aromatic carbocycles. The van der Waals surface area contributed by atoms with Crippen molar-refractivity contribution >= 4 is 27.5 Å². The first-order valence-corrected chi connectivity index (χ1v) is 13.8. The molecule has 1 unspecified atom stereocenters. The highest BCUT2D eigenvalue weighted by Crippen LogP contribution is 2.32. The lowest BCUT2D eigenvalue weighted by Crippen LogP contribution is -2.51. The van der Waals surface area contributed by atoms with Gasteiger partial charge in [-0.2, -0.15) is 0 Å². The number of nitrogens with one attached hydrogen (secondary N) is 1. The molecule has 0 bridgehead atoms. The average Bonchev–Trinajstić information content (AvgIpc) is 2.89. The number of carbonyl (C=O) groups excluding carboxylic acids is 2. The summed E-state index contributed by atoms with van der Waals surface area (Å²) in [7, 11) is 0.602. The molecular formula is C26H37N3O7S. The van der Waals surface area contributed by atoms with E-state index < -0.39 is 28.5 Å². The van der Waals surface area contributed by atoms with Crippen LogP contribution in [0.25, 0.3) is 0 Å². The summed E-state index contributed by atoms with van der Waals surface area (Å²) in [5.74, 6) is 0.551. The SMILES string of the molecule is CCCCNC(=O)C(C)N(Cc1ccc(OC)cc1)C(=O)CN(c1ccc(OC)c(OC)c1)S(C)(=O)=O. The first-order chi connectivity index (χ1) is 17.5. The number of nitrogens with zero attached hydrogens (tertiary/aromatic N) is 2. The number of rotatable bonds is 14. The predicted molar refractivity (Wildman–Crippen MR) is 143 cm³/mol. The van der Waals surface area contributed by atoms with Gasteiger partial charge in [0.1, 0.15) is 18.3 Å². The molecule has 1 N–H and O–H groups in total. The second-order valence-electron chi connectivity index (χ2n) is 8.50. The molecule has 0 aliphatic carbocycles. The van der Waals surface area contributed by atoms with E-state index in [4.69, 9.17) is 14.2 Å². The Morgan fingerprint density at radius 3 is 2.16 bits per heavy atom. The van der Waals surface area contributed by atoms with E-state index in [0.717, 1.165) is 29.0 Å². The van der Waals surface area contributed by atoms with Crippen LogP contribution in [0.2, 0.25) is 0 Å². The number of amides is 2. The van der Waals surface area contributed by atoms with Crippen molar-refractivity contribution in [3.63, 3.8) is 0 Å². The molecule has 2 rings (SSSR count). The lowest BCUT2D eigenvalue weighted by Gasteiger charge is -2.31. The monoisotopic (exact) mass is 535 g/mol. The van der Waals surface area contributed by atoms with E-state index in [0.29, 0.717) is 23.8 Å². The first-order valence-electron chi connectivity index (χ1n) is 12.0. The molecule has 204 valence electrons. The van der Waals surface area contributed by atoms with Crippen molar-refractivity contribution in [1.82, 2.24) is 10.2 Å². The van der Waals surface area contributed by atoms with Gasteiger partial charge in [0.25, 0.3) is 0 Å². The van der Waals surface area contributed by atoms with E-state index >= 15 is 0 Å². The van der Waals surface area contributed by atoms with Gasteiger partial charge in [-0.3, -0.25) is 13.9 Å². The quantitative estimate of drug-likeness (QED) is 0.370. The summed E-state index contributed by atoms with van der Waals surface area (Å²) in [6.45, 7) is 3.74. The third-order valence-corrected chi connectivity index (χ3v) is 6.98.